The number of nitrogens with zero attached hydrogens (tertiary/aromatic N) is 2. The molecule has 0 bridgehead atoms. The molecule has 7 nitrogen and oxygen atoms in total. The molecule has 2 amide bonds. The summed E-state index contributed by atoms with van der Waals surface area (Å²) < 4.78 is 5.60. The minimum absolute atomic E-state index is 0.00285. The summed E-state index contributed by atoms with van der Waals surface area (Å²) >= 11 is 11.8. The topological polar surface area (TPSA) is 73.9 Å². The number of benzene rings is 2. The Morgan fingerprint density at radius 3 is 2.21 bits per heavy atom. The van der Waals surface area contributed by atoms with Crippen LogP contribution in [0, 0.1) is 5.92 Å². The summed E-state index contributed by atoms with van der Waals surface area (Å²) in [6.07, 6.45) is 0.0633. The van der Waals surface area contributed by atoms with Gasteiger partial charge in [-0.2, -0.15) is 0 Å². The first kappa shape index (κ1) is 25.8. The maximum absolute atomic E-state index is 12.5. The number of halogens is 1. The number of amides is 2. The highest BCUT2D eigenvalue weighted by Gasteiger charge is 2.24. The van der Waals surface area contributed by atoms with E-state index in [1.807, 2.05) is 44.7 Å². The normalized spacial score (nSPS) is 13.7. The molecule has 1 saturated heterocycles. The molecule has 2 aromatic carbocycles. The van der Waals surface area contributed by atoms with Gasteiger partial charge < -0.3 is 19.9 Å². The van der Waals surface area contributed by atoms with Crippen molar-refractivity contribution in [3.63, 3.8) is 0 Å². The third-order valence-electron chi connectivity index (χ3n) is 5.35. The Kier molecular flexibility index (Phi) is 8.74. The van der Waals surface area contributed by atoms with E-state index in [2.05, 4.69) is 15.5 Å². The van der Waals surface area contributed by atoms with E-state index in [-0.39, 0.29) is 28.9 Å². The van der Waals surface area contributed by atoms with Gasteiger partial charge in [0.05, 0.1) is 16.8 Å². The monoisotopic (exact) mass is 502 g/mol. The molecule has 2 N–H and O–H groups in total. The number of carbonyl (C=O) groups excluding carboxylic acids is 2. The first-order valence-electron chi connectivity index (χ1n) is 11.4. The summed E-state index contributed by atoms with van der Waals surface area (Å²) in [7, 11) is 0. The molecule has 1 heterocycles. The zero-order chi connectivity index (χ0) is 24.8. The van der Waals surface area contributed by atoms with Crippen LogP contribution in [0.2, 0.25) is 5.02 Å². The lowest BCUT2D eigenvalue weighted by Gasteiger charge is -2.37. The Bertz CT molecular complexity index is 1030. The summed E-state index contributed by atoms with van der Waals surface area (Å²) in [5, 5.41) is 6.43. The number of hydrogen-bond donors (Lipinski definition) is 2. The maximum Gasteiger partial charge on any atom is 0.257 e. The van der Waals surface area contributed by atoms with Crippen molar-refractivity contribution in [1.82, 2.24) is 10.2 Å². The van der Waals surface area contributed by atoms with Crippen molar-refractivity contribution in [3.05, 3.63) is 53.1 Å². The molecule has 0 aliphatic carbocycles. The molecule has 1 fully saturated rings. The van der Waals surface area contributed by atoms with Gasteiger partial charge in [0.15, 0.2) is 5.11 Å². The van der Waals surface area contributed by atoms with Gasteiger partial charge in [-0.3, -0.25) is 14.9 Å². The van der Waals surface area contributed by atoms with Crippen LogP contribution >= 0.6 is 23.8 Å². The maximum atomic E-state index is 12.5. The zero-order valence-corrected chi connectivity index (χ0v) is 21.5. The number of carbonyl (C=O) groups is 2. The van der Waals surface area contributed by atoms with Gasteiger partial charge in [0.2, 0.25) is 5.91 Å². The number of piperazine rings is 1. The van der Waals surface area contributed by atoms with E-state index < -0.39 is 0 Å². The fraction of sp³-hybridized carbons (Fsp3) is 0.400. The molecule has 0 unspecified atom stereocenters. The van der Waals surface area contributed by atoms with Gasteiger partial charge in [-0.25, -0.2) is 0 Å². The molecule has 0 saturated carbocycles. The number of hydrogen-bond acceptors (Lipinski definition) is 5. The Morgan fingerprint density at radius 2 is 1.65 bits per heavy atom. The highest BCUT2D eigenvalue weighted by atomic mass is 35.5. The smallest absolute Gasteiger partial charge is 0.257 e. The van der Waals surface area contributed by atoms with Gasteiger partial charge in [-0.15, -0.1) is 0 Å². The van der Waals surface area contributed by atoms with E-state index in [1.165, 1.54) is 0 Å². The van der Waals surface area contributed by atoms with Crippen LogP contribution in [0.5, 0.6) is 5.75 Å². The van der Waals surface area contributed by atoms with Crippen LogP contribution in [0.1, 0.15) is 38.1 Å². The van der Waals surface area contributed by atoms with Crippen molar-refractivity contribution in [3.8, 4) is 5.75 Å². The summed E-state index contributed by atoms with van der Waals surface area (Å²) in [4.78, 5) is 28.8. The molecule has 1 aliphatic rings. The van der Waals surface area contributed by atoms with Crippen LogP contribution in [-0.2, 0) is 4.79 Å². The standard InChI is InChI=1S/C25H31ClN4O3S/c1-16(2)24(32)30-13-11-29(12-14-30)22-10-7-19(15-21(22)26)27-25(34)28-23(31)18-5-8-20(9-6-18)33-17(3)4/h5-10,15-17H,11-14H2,1-4H3,(H2,27,28,31,34). The van der Waals surface area contributed by atoms with Crippen molar-refractivity contribution in [1.29, 1.82) is 0 Å². The molecule has 0 radical (unpaired) electrons. The van der Waals surface area contributed by atoms with Crippen LogP contribution in [0.4, 0.5) is 11.4 Å². The summed E-state index contributed by atoms with van der Waals surface area (Å²) in [6.45, 7) is 10.5. The van der Waals surface area contributed by atoms with Crippen LogP contribution in [-0.4, -0.2) is 54.1 Å². The van der Waals surface area contributed by atoms with Crippen LogP contribution in [0.3, 0.4) is 0 Å². The van der Waals surface area contributed by atoms with Crippen molar-refractivity contribution >= 4 is 52.1 Å². The summed E-state index contributed by atoms with van der Waals surface area (Å²) in [5.41, 5.74) is 2.06. The second kappa shape index (κ2) is 11.5. The molecule has 9 heteroatoms. The van der Waals surface area contributed by atoms with Gasteiger partial charge in [0.1, 0.15) is 5.75 Å². The highest BCUT2D eigenvalue weighted by molar-refractivity contribution is 7.80. The fourth-order valence-electron chi connectivity index (χ4n) is 3.67. The molecule has 2 aromatic rings. The summed E-state index contributed by atoms with van der Waals surface area (Å²) in [6, 6.07) is 12.4. The second-order valence-electron chi connectivity index (χ2n) is 8.73. The predicted molar refractivity (Wildman–Crippen MR) is 141 cm³/mol. The number of anilines is 2. The average molecular weight is 503 g/mol. The Balaban J connectivity index is 1.54. The van der Waals surface area contributed by atoms with Crippen molar-refractivity contribution in [2.45, 2.75) is 33.8 Å². The van der Waals surface area contributed by atoms with Gasteiger partial charge in [-0.1, -0.05) is 25.4 Å². The van der Waals surface area contributed by atoms with E-state index in [9.17, 15) is 9.59 Å². The minimum Gasteiger partial charge on any atom is -0.491 e. The fourth-order valence-corrected chi connectivity index (χ4v) is 4.18. The molecule has 34 heavy (non-hydrogen) atoms. The lowest BCUT2D eigenvalue weighted by atomic mass is 10.1. The first-order valence-corrected chi connectivity index (χ1v) is 12.1. The van der Waals surface area contributed by atoms with Gasteiger partial charge in [0.25, 0.3) is 5.91 Å². The van der Waals surface area contributed by atoms with Crippen LogP contribution < -0.4 is 20.3 Å². The van der Waals surface area contributed by atoms with Gasteiger partial charge in [0, 0.05) is 43.3 Å². The molecular weight excluding hydrogens is 472 g/mol. The third kappa shape index (κ3) is 6.84. The van der Waals surface area contributed by atoms with E-state index in [1.54, 1.807) is 30.3 Å². The van der Waals surface area contributed by atoms with E-state index in [0.29, 0.717) is 35.1 Å². The largest absolute Gasteiger partial charge is 0.491 e. The van der Waals surface area contributed by atoms with Gasteiger partial charge in [-0.05, 0) is 68.5 Å². The van der Waals surface area contributed by atoms with Crippen molar-refractivity contribution in [2.75, 3.05) is 36.4 Å². The Labute approximate surface area is 211 Å². The second-order valence-corrected chi connectivity index (χ2v) is 9.55. The number of thiocarbonyl (C=S) groups is 1. The minimum atomic E-state index is -0.315. The van der Waals surface area contributed by atoms with Crippen LogP contribution in [0.15, 0.2) is 42.5 Å². The molecule has 182 valence electrons. The molecule has 0 atom stereocenters. The zero-order valence-electron chi connectivity index (χ0n) is 19.9. The number of nitrogens with one attached hydrogen (secondary N) is 2. The lowest BCUT2D eigenvalue weighted by Crippen LogP contribution is -2.50. The molecule has 0 aromatic heterocycles. The lowest BCUT2D eigenvalue weighted by molar-refractivity contribution is -0.134. The number of ether oxygens (including phenoxy) is 1. The molecule has 3 rings (SSSR count). The van der Waals surface area contributed by atoms with Crippen LogP contribution in [0.25, 0.3) is 0 Å². The van der Waals surface area contributed by atoms with Crippen molar-refractivity contribution in [2.24, 2.45) is 5.92 Å². The number of rotatable bonds is 6. The Morgan fingerprint density at radius 1 is 1.00 bits per heavy atom. The quantitative estimate of drug-likeness (QED) is 0.564. The molecular formula is C25H31ClN4O3S. The predicted octanol–water partition coefficient (Wildman–Crippen LogP) is 4.56. The average Bonchev–Trinajstić information content (AvgIpc) is 2.78. The molecule has 1 aliphatic heterocycles. The van der Waals surface area contributed by atoms with E-state index in [4.69, 9.17) is 28.6 Å². The third-order valence-corrected chi connectivity index (χ3v) is 5.85. The van der Waals surface area contributed by atoms with E-state index in [0.717, 1.165) is 18.8 Å². The van der Waals surface area contributed by atoms with E-state index >= 15 is 0 Å². The SMILES string of the molecule is CC(C)Oc1ccc(C(=O)NC(=S)Nc2ccc(N3CCN(C(=O)C(C)C)CC3)c(Cl)c2)cc1. The highest BCUT2D eigenvalue weighted by Crippen LogP contribution is 2.30. The summed E-state index contributed by atoms with van der Waals surface area (Å²) in [5.74, 6) is 0.573. The van der Waals surface area contributed by atoms with Crippen molar-refractivity contribution < 1.29 is 14.3 Å². The Hall–Kier alpha value is -2.84. The first-order chi connectivity index (χ1) is 16.1. The van der Waals surface area contributed by atoms with Gasteiger partial charge >= 0.3 is 0 Å². The molecule has 0 spiro atoms.